The molecular formula is C19H18FN3O2S. The number of pyridine rings is 1. The Morgan fingerprint density at radius 1 is 1.12 bits per heavy atom. The number of nitrogens with one attached hydrogen (secondary N) is 2. The summed E-state index contributed by atoms with van der Waals surface area (Å²) in [7, 11) is 0. The van der Waals surface area contributed by atoms with Gasteiger partial charge >= 0.3 is 6.03 Å². The third-order valence-electron chi connectivity index (χ3n) is 3.66. The summed E-state index contributed by atoms with van der Waals surface area (Å²) in [4.78, 5) is 17.2. The van der Waals surface area contributed by atoms with Gasteiger partial charge in [-0.05, 0) is 53.8 Å². The summed E-state index contributed by atoms with van der Waals surface area (Å²) in [5, 5.41) is 7.62. The van der Waals surface area contributed by atoms with Crippen LogP contribution in [0.1, 0.15) is 16.0 Å². The zero-order chi connectivity index (χ0) is 18.4. The number of carbonyl (C=O) groups is 1. The van der Waals surface area contributed by atoms with Crippen LogP contribution >= 0.6 is 11.3 Å². The average molecular weight is 371 g/mol. The Balaban J connectivity index is 1.45. The molecule has 2 aromatic heterocycles. The fraction of sp³-hybridized carbons (Fsp3) is 0.158. The molecule has 0 atom stereocenters. The van der Waals surface area contributed by atoms with E-state index >= 15 is 0 Å². The van der Waals surface area contributed by atoms with E-state index in [0.717, 1.165) is 10.4 Å². The molecule has 0 saturated heterocycles. The van der Waals surface area contributed by atoms with E-state index in [1.54, 1.807) is 23.6 Å². The maximum Gasteiger partial charge on any atom is 0.315 e. The summed E-state index contributed by atoms with van der Waals surface area (Å²) in [6.45, 7) is 2.89. The molecule has 2 amide bonds. The lowest BCUT2D eigenvalue weighted by molar-refractivity contribution is 0.240. The zero-order valence-corrected chi connectivity index (χ0v) is 15.0. The molecule has 1 aromatic carbocycles. The number of amides is 2. The van der Waals surface area contributed by atoms with Crippen LogP contribution in [-0.2, 0) is 13.1 Å². The second kappa shape index (κ2) is 8.44. The van der Waals surface area contributed by atoms with Crippen LogP contribution in [0.3, 0.4) is 0 Å². The van der Waals surface area contributed by atoms with Gasteiger partial charge in [0.25, 0.3) is 0 Å². The van der Waals surface area contributed by atoms with E-state index in [1.165, 1.54) is 29.8 Å². The van der Waals surface area contributed by atoms with Crippen LogP contribution in [0.15, 0.2) is 54.0 Å². The van der Waals surface area contributed by atoms with Crippen molar-refractivity contribution in [1.82, 2.24) is 15.6 Å². The highest BCUT2D eigenvalue weighted by molar-refractivity contribution is 7.10. The molecule has 0 fully saturated rings. The molecule has 0 spiro atoms. The zero-order valence-electron chi connectivity index (χ0n) is 14.2. The number of ether oxygens (including phenoxy) is 1. The number of hydrogen-bond acceptors (Lipinski definition) is 4. The van der Waals surface area contributed by atoms with Crippen molar-refractivity contribution in [3.63, 3.8) is 0 Å². The van der Waals surface area contributed by atoms with E-state index in [0.29, 0.717) is 24.7 Å². The first kappa shape index (κ1) is 17.9. The van der Waals surface area contributed by atoms with Crippen molar-refractivity contribution < 1.29 is 13.9 Å². The van der Waals surface area contributed by atoms with E-state index in [9.17, 15) is 9.18 Å². The third kappa shape index (κ3) is 5.03. The van der Waals surface area contributed by atoms with Crippen molar-refractivity contribution in [2.45, 2.75) is 20.0 Å². The minimum absolute atomic E-state index is 0.232. The first-order valence-electron chi connectivity index (χ1n) is 8.03. The number of urea groups is 1. The van der Waals surface area contributed by atoms with Gasteiger partial charge in [-0.15, -0.1) is 11.3 Å². The minimum atomic E-state index is -0.320. The molecule has 0 radical (unpaired) electrons. The Morgan fingerprint density at radius 2 is 1.88 bits per heavy atom. The fourth-order valence-electron chi connectivity index (χ4n) is 2.19. The van der Waals surface area contributed by atoms with Gasteiger partial charge in [0, 0.05) is 23.7 Å². The first-order chi connectivity index (χ1) is 12.6. The van der Waals surface area contributed by atoms with Crippen LogP contribution in [-0.4, -0.2) is 11.0 Å². The first-order valence-corrected chi connectivity index (χ1v) is 8.91. The summed E-state index contributed by atoms with van der Waals surface area (Å²) in [5.74, 6) is 0.588. The monoisotopic (exact) mass is 371 g/mol. The van der Waals surface area contributed by atoms with Crippen molar-refractivity contribution in [2.75, 3.05) is 0 Å². The van der Waals surface area contributed by atoms with Gasteiger partial charge in [0.15, 0.2) is 0 Å². The van der Waals surface area contributed by atoms with Crippen molar-refractivity contribution in [3.05, 3.63) is 75.9 Å². The molecule has 3 aromatic rings. The fourth-order valence-corrected chi connectivity index (χ4v) is 3.04. The molecule has 2 N–H and O–H groups in total. The summed E-state index contributed by atoms with van der Waals surface area (Å²) in [5.41, 5.74) is 2.02. The second-order valence-electron chi connectivity index (χ2n) is 5.62. The lowest BCUT2D eigenvalue weighted by Crippen LogP contribution is -2.34. The molecule has 3 rings (SSSR count). The smallest absolute Gasteiger partial charge is 0.315 e. The summed E-state index contributed by atoms with van der Waals surface area (Å²) < 4.78 is 18.4. The molecule has 7 heteroatoms. The highest BCUT2D eigenvalue weighted by atomic mass is 32.1. The van der Waals surface area contributed by atoms with E-state index in [2.05, 4.69) is 15.6 Å². The predicted octanol–water partition coefficient (Wildman–Crippen LogP) is 4.38. The number of thiophene rings is 1. The SMILES string of the molecule is Cc1ccsc1CNC(=O)NCc1ccc(Oc2ccc(F)cc2)nc1. The lowest BCUT2D eigenvalue weighted by Gasteiger charge is -2.08. The van der Waals surface area contributed by atoms with Crippen LogP contribution in [0.2, 0.25) is 0 Å². The van der Waals surface area contributed by atoms with Gasteiger partial charge in [0.2, 0.25) is 5.88 Å². The number of rotatable bonds is 6. The number of carbonyl (C=O) groups excluding carboxylic acids is 1. The van der Waals surface area contributed by atoms with Gasteiger partial charge in [-0.25, -0.2) is 14.2 Å². The largest absolute Gasteiger partial charge is 0.439 e. The second-order valence-corrected chi connectivity index (χ2v) is 6.62. The van der Waals surface area contributed by atoms with Crippen LogP contribution < -0.4 is 15.4 Å². The Morgan fingerprint density at radius 3 is 2.54 bits per heavy atom. The van der Waals surface area contributed by atoms with Gasteiger partial charge in [-0.1, -0.05) is 6.07 Å². The number of aryl methyl sites for hydroxylation is 1. The summed E-state index contributed by atoms with van der Waals surface area (Å²) >= 11 is 1.62. The van der Waals surface area contributed by atoms with Crippen molar-refractivity contribution >= 4 is 17.4 Å². The maximum atomic E-state index is 12.9. The number of aromatic nitrogens is 1. The molecule has 0 aliphatic rings. The Hall–Kier alpha value is -2.93. The van der Waals surface area contributed by atoms with Crippen LogP contribution in [0.5, 0.6) is 11.6 Å². The lowest BCUT2D eigenvalue weighted by atomic mass is 10.3. The molecular weight excluding hydrogens is 353 g/mol. The van der Waals surface area contributed by atoms with Gasteiger partial charge in [-0.3, -0.25) is 0 Å². The molecule has 26 heavy (non-hydrogen) atoms. The van der Waals surface area contributed by atoms with E-state index in [1.807, 2.05) is 24.4 Å². The Bertz CT molecular complexity index is 863. The highest BCUT2D eigenvalue weighted by Crippen LogP contribution is 2.19. The molecule has 0 aliphatic heterocycles. The topological polar surface area (TPSA) is 63.2 Å². The normalized spacial score (nSPS) is 10.4. The van der Waals surface area contributed by atoms with Gasteiger partial charge in [0.1, 0.15) is 11.6 Å². The number of hydrogen-bond donors (Lipinski definition) is 2. The van der Waals surface area contributed by atoms with Crippen molar-refractivity contribution in [2.24, 2.45) is 0 Å². The maximum absolute atomic E-state index is 12.9. The van der Waals surface area contributed by atoms with E-state index < -0.39 is 0 Å². The quantitative estimate of drug-likeness (QED) is 0.676. The van der Waals surface area contributed by atoms with Gasteiger partial charge < -0.3 is 15.4 Å². The minimum Gasteiger partial charge on any atom is -0.439 e. The van der Waals surface area contributed by atoms with Crippen LogP contribution in [0, 0.1) is 12.7 Å². The number of benzene rings is 1. The molecule has 0 unspecified atom stereocenters. The summed E-state index contributed by atoms with van der Waals surface area (Å²) in [6.07, 6.45) is 1.63. The van der Waals surface area contributed by atoms with Crippen LogP contribution in [0.25, 0.3) is 0 Å². The van der Waals surface area contributed by atoms with E-state index in [-0.39, 0.29) is 11.8 Å². The Kier molecular flexibility index (Phi) is 5.80. The molecule has 2 heterocycles. The number of nitrogens with zero attached hydrogens (tertiary/aromatic N) is 1. The van der Waals surface area contributed by atoms with Crippen molar-refractivity contribution in [1.29, 1.82) is 0 Å². The van der Waals surface area contributed by atoms with Crippen molar-refractivity contribution in [3.8, 4) is 11.6 Å². The molecule has 134 valence electrons. The molecule has 0 bridgehead atoms. The summed E-state index contributed by atoms with van der Waals surface area (Å²) in [6, 6.07) is 11.0. The molecule has 0 aliphatic carbocycles. The van der Waals surface area contributed by atoms with E-state index in [4.69, 9.17) is 4.74 Å². The highest BCUT2D eigenvalue weighted by Gasteiger charge is 2.05. The van der Waals surface area contributed by atoms with Gasteiger partial charge in [-0.2, -0.15) is 0 Å². The van der Waals surface area contributed by atoms with Gasteiger partial charge in [0.05, 0.1) is 6.54 Å². The predicted molar refractivity (Wildman–Crippen MR) is 98.8 cm³/mol. The standard InChI is InChI=1S/C19H18FN3O2S/c1-13-8-9-26-17(13)12-23-19(24)22-11-14-2-7-18(21-10-14)25-16-5-3-15(20)4-6-16/h2-10H,11-12H2,1H3,(H2,22,23,24). The van der Waals surface area contributed by atoms with Crippen LogP contribution in [0.4, 0.5) is 9.18 Å². The average Bonchev–Trinajstić information content (AvgIpc) is 3.06. The Labute approximate surface area is 154 Å². The third-order valence-corrected chi connectivity index (χ3v) is 4.69. The molecule has 5 nitrogen and oxygen atoms in total. The molecule has 0 saturated carbocycles. The number of halogens is 1.